The van der Waals surface area contributed by atoms with Gasteiger partial charge in [0.15, 0.2) is 0 Å². The van der Waals surface area contributed by atoms with Crippen LogP contribution in [-0.2, 0) is 5.75 Å². The fraction of sp³-hybridized carbons (Fsp3) is 0.167. The summed E-state index contributed by atoms with van der Waals surface area (Å²) >= 11 is 13.8. The maximum atomic E-state index is 13.2. The van der Waals surface area contributed by atoms with Crippen molar-refractivity contribution in [1.29, 1.82) is 0 Å². The Morgan fingerprint density at radius 3 is 2.44 bits per heavy atom. The monoisotopic (exact) mass is 302 g/mol. The number of thioether (sulfide) groups is 1. The second kappa shape index (κ2) is 5.87. The first kappa shape index (κ1) is 13.6. The van der Waals surface area contributed by atoms with Gasteiger partial charge in [0.1, 0.15) is 21.9 Å². The van der Waals surface area contributed by atoms with E-state index < -0.39 is 0 Å². The van der Waals surface area contributed by atoms with Crippen LogP contribution in [0.15, 0.2) is 24.3 Å². The van der Waals surface area contributed by atoms with Crippen LogP contribution in [0, 0.1) is 5.82 Å². The van der Waals surface area contributed by atoms with E-state index in [1.54, 1.807) is 23.9 Å². The Morgan fingerprint density at radius 2 is 1.89 bits per heavy atom. The van der Waals surface area contributed by atoms with Crippen molar-refractivity contribution in [1.82, 2.24) is 9.97 Å². The first-order chi connectivity index (χ1) is 8.61. The summed E-state index contributed by atoms with van der Waals surface area (Å²) < 4.78 is 13.2. The molecule has 1 aromatic heterocycles. The number of halogens is 3. The van der Waals surface area contributed by atoms with Crippen LogP contribution in [-0.4, -0.2) is 16.2 Å². The second-order valence-corrected chi connectivity index (χ2v) is 5.12. The van der Waals surface area contributed by atoms with Crippen LogP contribution in [0.4, 0.5) is 4.39 Å². The molecule has 6 heteroatoms. The Balaban J connectivity index is 2.51. The van der Waals surface area contributed by atoms with Crippen molar-refractivity contribution >= 4 is 35.0 Å². The van der Waals surface area contributed by atoms with E-state index in [1.165, 1.54) is 12.1 Å². The van der Waals surface area contributed by atoms with E-state index in [9.17, 15) is 4.39 Å². The molecule has 2 nitrogen and oxygen atoms in total. The van der Waals surface area contributed by atoms with Crippen LogP contribution in [0.5, 0.6) is 0 Å². The summed E-state index contributed by atoms with van der Waals surface area (Å²) in [5.41, 5.74) is 1.03. The van der Waals surface area contributed by atoms with Crippen LogP contribution < -0.4 is 0 Å². The zero-order valence-electron chi connectivity index (χ0n) is 9.45. The van der Waals surface area contributed by atoms with Crippen LogP contribution in [0.25, 0.3) is 11.1 Å². The minimum absolute atomic E-state index is 0.240. The van der Waals surface area contributed by atoms with Crippen LogP contribution >= 0.6 is 35.0 Å². The number of hydrogen-bond donors (Lipinski definition) is 0. The molecule has 2 rings (SSSR count). The summed E-state index contributed by atoms with van der Waals surface area (Å²) in [5.74, 6) is 0.841. The van der Waals surface area contributed by atoms with Gasteiger partial charge in [-0.2, -0.15) is 11.8 Å². The van der Waals surface area contributed by atoms with Gasteiger partial charge in [-0.1, -0.05) is 35.3 Å². The average Bonchev–Trinajstić information content (AvgIpc) is 2.28. The Bertz CT molecular complexity index is 555. The van der Waals surface area contributed by atoms with Gasteiger partial charge in [-0.25, -0.2) is 14.4 Å². The summed E-state index contributed by atoms with van der Waals surface area (Å²) in [6.45, 7) is 0. The average molecular weight is 303 g/mol. The van der Waals surface area contributed by atoms with E-state index in [0.717, 1.165) is 0 Å². The highest BCUT2D eigenvalue weighted by Crippen LogP contribution is 2.32. The molecule has 1 aromatic carbocycles. The molecule has 0 amide bonds. The molecule has 0 aliphatic carbocycles. The number of rotatable bonds is 3. The first-order valence-corrected chi connectivity index (χ1v) is 7.23. The fourth-order valence-corrected chi connectivity index (χ4v) is 2.55. The third-order valence-corrected chi connectivity index (χ3v) is 3.35. The largest absolute Gasteiger partial charge is 0.220 e. The van der Waals surface area contributed by atoms with E-state index in [-0.39, 0.29) is 16.1 Å². The summed E-state index contributed by atoms with van der Waals surface area (Å²) in [6.07, 6.45) is 1.94. The molecule has 0 spiro atoms. The second-order valence-electron chi connectivity index (χ2n) is 3.54. The van der Waals surface area contributed by atoms with Gasteiger partial charge in [-0.15, -0.1) is 0 Å². The third-order valence-electron chi connectivity index (χ3n) is 2.25. The third kappa shape index (κ3) is 2.94. The maximum absolute atomic E-state index is 13.2. The lowest BCUT2D eigenvalue weighted by atomic mass is 10.1. The van der Waals surface area contributed by atoms with Gasteiger partial charge in [0.2, 0.25) is 0 Å². The molecule has 0 saturated heterocycles. The van der Waals surface area contributed by atoms with Gasteiger partial charge < -0.3 is 0 Å². The molecular formula is C12H9Cl2FN2S. The quantitative estimate of drug-likeness (QED) is 0.783. The maximum Gasteiger partial charge on any atom is 0.142 e. The van der Waals surface area contributed by atoms with Crippen molar-refractivity contribution in [3.8, 4) is 11.1 Å². The Labute approximate surface area is 119 Å². The number of nitrogens with zero attached hydrogens (tertiary/aromatic N) is 2. The zero-order valence-corrected chi connectivity index (χ0v) is 11.8. The van der Waals surface area contributed by atoms with Crippen molar-refractivity contribution in [3.05, 3.63) is 46.2 Å². The van der Waals surface area contributed by atoms with E-state index in [4.69, 9.17) is 23.2 Å². The van der Waals surface area contributed by atoms with E-state index in [1.807, 2.05) is 6.26 Å². The predicted molar refractivity (Wildman–Crippen MR) is 74.7 cm³/mol. The molecule has 0 saturated carbocycles. The Kier molecular flexibility index (Phi) is 4.43. The van der Waals surface area contributed by atoms with E-state index in [0.29, 0.717) is 22.7 Å². The number of aromatic nitrogens is 2. The van der Waals surface area contributed by atoms with Crippen molar-refractivity contribution in [2.24, 2.45) is 0 Å². The minimum Gasteiger partial charge on any atom is -0.220 e. The molecular weight excluding hydrogens is 294 g/mol. The zero-order chi connectivity index (χ0) is 13.1. The van der Waals surface area contributed by atoms with Gasteiger partial charge in [0.05, 0.1) is 11.3 Å². The summed E-state index contributed by atoms with van der Waals surface area (Å²) in [4.78, 5) is 8.31. The van der Waals surface area contributed by atoms with Gasteiger partial charge in [0, 0.05) is 0 Å². The molecule has 1 heterocycles. The molecule has 0 fully saturated rings. The highest BCUT2D eigenvalue weighted by molar-refractivity contribution is 7.97. The van der Waals surface area contributed by atoms with Crippen LogP contribution in [0.2, 0.25) is 10.3 Å². The van der Waals surface area contributed by atoms with Gasteiger partial charge in [0.25, 0.3) is 0 Å². The smallest absolute Gasteiger partial charge is 0.142 e. The van der Waals surface area contributed by atoms with Gasteiger partial charge >= 0.3 is 0 Å². The highest BCUT2D eigenvalue weighted by atomic mass is 35.5. The molecule has 94 valence electrons. The molecule has 0 N–H and O–H groups in total. The molecule has 0 radical (unpaired) electrons. The molecule has 0 atom stereocenters. The molecule has 18 heavy (non-hydrogen) atoms. The lowest BCUT2D eigenvalue weighted by Crippen LogP contribution is -1.97. The number of benzene rings is 1. The molecule has 0 bridgehead atoms. The van der Waals surface area contributed by atoms with E-state index in [2.05, 4.69) is 9.97 Å². The van der Waals surface area contributed by atoms with Crippen molar-refractivity contribution in [3.63, 3.8) is 0 Å². The molecule has 0 aliphatic rings. The van der Waals surface area contributed by atoms with Gasteiger partial charge in [-0.05, 0) is 24.0 Å². The lowest BCUT2D eigenvalue weighted by molar-refractivity contribution is 0.628. The van der Waals surface area contributed by atoms with Crippen LogP contribution in [0.1, 0.15) is 5.82 Å². The molecule has 0 unspecified atom stereocenters. The van der Waals surface area contributed by atoms with Crippen molar-refractivity contribution in [2.75, 3.05) is 6.26 Å². The minimum atomic E-state index is -0.354. The van der Waals surface area contributed by atoms with Crippen molar-refractivity contribution < 1.29 is 4.39 Å². The summed E-state index contributed by atoms with van der Waals surface area (Å²) in [5, 5.41) is 0.481. The number of hydrogen-bond acceptors (Lipinski definition) is 3. The topological polar surface area (TPSA) is 25.8 Å². The summed E-state index contributed by atoms with van der Waals surface area (Å²) in [7, 11) is 0. The summed E-state index contributed by atoms with van der Waals surface area (Å²) in [6, 6.07) is 6.01. The highest BCUT2D eigenvalue weighted by Gasteiger charge is 2.13. The fourth-order valence-electron chi connectivity index (χ4n) is 1.52. The van der Waals surface area contributed by atoms with Crippen LogP contribution in [0.3, 0.4) is 0 Å². The Morgan fingerprint density at radius 1 is 1.22 bits per heavy atom. The van der Waals surface area contributed by atoms with Gasteiger partial charge in [-0.3, -0.25) is 0 Å². The molecule has 2 aromatic rings. The van der Waals surface area contributed by atoms with E-state index >= 15 is 0 Å². The molecule has 0 aliphatic heterocycles. The first-order valence-electron chi connectivity index (χ1n) is 5.08. The normalized spacial score (nSPS) is 10.7. The Hall–Kier alpha value is -0.840. The SMILES string of the molecule is CSCc1nc(Cl)c(-c2cccc(F)c2)c(Cl)n1. The predicted octanol–water partition coefficient (Wildman–Crippen LogP) is 4.45. The lowest BCUT2D eigenvalue weighted by Gasteiger charge is -2.08. The van der Waals surface area contributed by atoms with Crippen molar-refractivity contribution in [2.45, 2.75) is 5.75 Å². The standard InChI is InChI=1S/C12H9Cl2FN2S/c1-18-6-9-16-11(13)10(12(14)17-9)7-3-2-4-8(15)5-7/h2-5H,6H2,1H3.